The van der Waals surface area contributed by atoms with Gasteiger partial charge in [0, 0.05) is 27.2 Å². The molecule has 0 fully saturated rings. The van der Waals surface area contributed by atoms with Gasteiger partial charge in [-0.25, -0.2) is 0 Å². The second-order valence-corrected chi connectivity index (χ2v) is 3.74. The second kappa shape index (κ2) is 6.15. The molecule has 0 aliphatic rings. The van der Waals surface area contributed by atoms with Gasteiger partial charge in [0.25, 0.3) is 10.5 Å². The lowest BCUT2D eigenvalue weighted by Gasteiger charge is -2.19. The minimum absolute atomic E-state index is 0.0000123. The number of amides is 2. The number of hydrogen-bond donors (Lipinski definition) is 1. The maximum absolute atomic E-state index is 11.1. The van der Waals surface area contributed by atoms with Crippen LogP contribution < -0.4 is 0 Å². The molecule has 0 aromatic rings. The summed E-state index contributed by atoms with van der Waals surface area (Å²) in [5.41, 5.74) is 0. The molecule has 2 amide bonds. The zero-order valence-electron chi connectivity index (χ0n) is 7.98. The van der Waals surface area contributed by atoms with Crippen molar-refractivity contribution in [2.75, 3.05) is 33.4 Å². The molecule has 0 rings (SSSR count). The third-order valence-electron chi connectivity index (χ3n) is 1.58. The summed E-state index contributed by atoms with van der Waals surface area (Å²) in [5, 5.41) is -0.287. The Morgan fingerprint density at radius 2 is 1.69 bits per heavy atom. The van der Waals surface area contributed by atoms with E-state index >= 15 is 0 Å². The molecular weight excluding hydrogens is 208 g/mol. The molecule has 0 saturated heterocycles. The van der Waals surface area contributed by atoms with Crippen LogP contribution in [0.4, 0.5) is 9.59 Å². The molecule has 0 aromatic heterocycles. The zero-order valence-corrected chi connectivity index (χ0v) is 9.69. The molecule has 0 radical (unpaired) electrons. The first kappa shape index (κ1) is 12.6. The van der Waals surface area contributed by atoms with Crippen LogP contribution in [0.1, 0.15) is 0 Å². The highest BCUT2D eigenvalue weighted by atomic mass is 32.2. The lowest BCUT2D eigenvalue weighted by atomic mass is 10.5. The lowest BCUT2D eigenvalue weighted by Crippen LogP contribution is -2.33. The minimum atomic E-state index is -0.287. The van der Waals surface area contributed by atoms with Gasteiger partial charge in [-0.05, 0) is 6.26 Å². The molecule has 4 nitrogen and oxygen atoms in total. The van der Waals surface area contributed by atoms with Gasteiger partial charge < -0.3 is 9.80 Å². The number of thioether (sulfide) groups is 1. The smallest absolute Gasteiger partial charge is 0.281 e. The first-order valence-electron chi connectivity index (χ1n) is 3.72. The average molecular weight is 222 g/mol. The van der Waals surface area contributed by atoms with E-state index in [0.717, 1.165) is 11.8 Å². The van der Waals surface area contributed by atoms with Crippen molar-refractivity contribution in [1.29, 1.82) is 0 Å². The van der Waals surface area contributed by atoms with Crippen molar-refractivity contribution in [3.05, 3.63) is 0 Å². The average Bonchev–Trinajstić information content (AvgIpc) is 2.11. The topological polar surface area (TPSA) is 40.6 Å². The summed E-state index contributed by atoms with van der Waals surface area (Å²) in [6.07, 6.45) is 1.73. The van der Waals surface area contributed by atoms with Crippen LogP contribution in [0.15, 0.2) is 0 Å². The fourth-order valence-corrected chi connectivity index (χ4v) is 1.15. The summed E-state index contributed by atoms with van der Waals surface area (Å²) >= 11 is 4.81. The van der Waals surface area contributed by atoms with E-state index < -0.39 is 0 Å². The van der Waals surface area contributed by atoms with E-state index in [1.807, 2.05) is 0 Å². The molecule has 6 heteroatoms. The van der Waals surface area contributed by atoms with E-state index in [9.17, 15) is 9.59 Å². The van der Waals surface area contributed by atoms with E-state index in [4.69, 9.17) is 0 Å². The Balaban J connectivity index is 3.76. The quantitative estimate of drug-likeness (QED) is 0.733. The predicted octanol–water partition coefficient (Wildman–Crippen LogP) is 1.38. The summed E-state index contributed by atoms with van der Waals surface area (Å²) < 4.78 is 0. The highest BCUT2D eigenvalue weighted by Gasteiger charge is 2.08. The summed E-state index contributed by atoms with van der Waals surface area (Å²) in [6, 6.07) is 0. The third kappa shape index (κ3) is 5.05. The molecular formula is C7H14N2O2S2. The molecule has 0 N–H and O–H groups in total. The monoisotopic (exact) mass is 222 g/mol. The number of nitrogens with zero attached hydrogens (tertiary/aromatic N) is 2. The maximum Gasteiger partial charge on any atom is 0.281 e. The standard InChI is InChI=1S/C7H14N2O2S2/c1-8(6(10)12)4-5-9(2)7(11)13-3/h4-5H2,1-3H3,(H,10,12). The fourth-order valence-electron chi connectivity index (χ4n) is 0.643. The van der Waals surface area contributed by atoms with Gasteiger partial charge in [-0.1, -0.05) is 24.4 Å². The van der Waals surface area contributed by atoms with Gasteiger partial charge in [0.1, 0.15) is 0 Å². The zero-order chi connectivity index (χ0) is 10.4. The van der Waals surface area contributed by atoms with Crippen LogP contribution in [0.25, 0.3) is 0 Å². The molecule has 0 aromatic carbocycles. The van der Waals surface area contributed by atoms with E-state index in [2.05, 4.69) is 12.6 Å². The molecule has 0 aliphatic heterocycles. The molecule has 0 aliphatic carbocycles. The van der Waals surface area contributed by atoms with Gasteiger partial charge in [0.15, 0.2) is 0 Å². The number of rotatable bonds is 3. The number of carbonyl (C=O) groups excluding carboxylic acids is 2. The number of hydrogen-bond acceptors (Lipinski definition) is 3. The lowest BCUT2D eigenvalue weighted by molar-refractivity contribution is 0.217. The van der Waals surface area contributed by atoms with Crippen LogP contribution in [-0.4, -0.2) is 53.7 Å². The molecule has 0 heterocycles. The Bertz CT molecular complexity index is 199. The predicted molar refractivity (Wildman–Crippen MR) is 58.6 cm³/mol. The van der Waals surface area contributed by atoms with Crippen LogP contribution in [0.3, 0.4) is 0 Å². The van der Waals surface area contributed by atoms with E-state index in [0.29, 0.717) is 13.1 Å². The second-order valence-electron chi connectivity index (χ2n) is 2.60. The fraction of sp³-hybridized carbons (Fsp3) is 0.714. The van der Waals surface area contributed by atoms with Gasteiger partial charge in [0.2, 0.25) is 0 Å². The van der Waals surface area contributed by atoms with Crippen molar-refractivity contribution in [3.63, 3.8) is 0 Å². The highest BCUT2D eigenvalue weighted by Crippen LogP contribution is 2.01. The van der Waals surface area contributed by atoms with Crippen LogP contribution >= 0.6 is 24.4 Å². The van der Waals surface area contributed by atoms with E-state index in [-0.39, 0.29) is 10.5 Å². The third-order valence-corrected chi connectivity index (χ3v) is 2.59. The highest BCUT2D eigenvalue weighted by molar-refractivity contribution is 8.12. The molecule has 0 bridgehead atoms. The number of thiol groups is 1. The molecule has 13 heavy (non-hydrogen) atoms. The Hall–Kier alpha value is -0.360. The van der Waals surface area contributed by atoms with E-state index in [1.54, 1.807) is 25.3 Å². The molecule has 0 spiro atoms. The number of carbonyl (C=O) groups is 2. The van der Waals surface area contributed by atoms with Gasteiger partial charge in [0.05, 0.1) is 0 Å². The van der Waals surface area contributed by atoms with Crippen molar-refractivity contribution in [2.45, 2.75) is 0 Å². The Labute approximate surface area is 88.0 Å². The summed E-state index contributed by atoms with van der Waals surface area (Å²) in [6.45, 7) is 1.04. The molecule has 0 saturated carbocycles. The van der Waals surface area contributed by atoms with Crippen LogP contribution in [0, 0.1) is 0 Å². The minimum Gasteiger partial charge on any atom is -0.335 e. The Kier molecular flexibility index (Phi) is 5.98. The van der Waals surface area contributed by atoms with Gasteiger partial charge in [-0.15, -0.1) is 0 Å². The van der Waals surface area contributed by atoms with Gasteiger partial charge >= 0.3 is 0 Å². The van der Waals surface area contributed by atoms with Crippen molar-refractivity contribution >= 4 is 34.9 Å². The van der Waals surface area contributed by atoms with Crippen molar-refractivity contribution < 1.29 is 9.59 Å². The van der Waals surface area contributed by atoms with E-state index in [1.165, 1.54) is 4.90 Å². The van der Waals surface area contributed by atoms with Crippen molar-refractivity contribution in [1.82, 2.24) is 9.80 Å². The normalized spacial score (nSPS) is 9.54. The Morgan fingerprint density at radius 3 is 2.08 bits per heavy atom. The van der Waals surface area contributed by atoms with Crippen LogP contribution in [0.5, 0.6) is 0 Å². The van der Waals surface area contributed by atoms with Crippen molar-refractivity contribution in [2.24, 2.45) is 0 Å². The van der Waals surface area contributed by atoms with Gasteiger partial charge in [-0.2, -0.15) is 0 Å². The summed E-state index contributed by atoms with van der Waals surface area (Å²) in [5.74, 6) is 0. The number of likely N-dealkylation sites (N-methyl/N-ethyl adjacent to an activating group) is 2. The Morgan fingerprint density at radius 1 is 1.23 bits per heavy atom. The molecule has 76 valence electrons. The SMILES string of the molecule is CSC(=O)N(C)CCN(C)C(=O)S. The first-order chi connectivity index (χ1) is 5.99. The maximum atomic E-state index is 11.1. The molecule has 0 unspecified atom stereocenters. The van der Waals surface area contributed by atoms with Crippen LogP contribution in [-0.2, 0) is 0 Å². The summed E-state index contributed by atoms with van der Waals surface area (Å²) in [7, 11) is 3.35. The molecule has 0 atom stereocenters. The largest absolute Gasteiger partial charge is 0.335 e. The van der Waals surface area contributed by atoms with Crippen LogP contribution in [0.2, 0.25) is 0 Å². The van der Waals surface area contributed by atoms with Crippen molar-refractivity contribution in [3.8, 4) is 0 Å². The summed E-state index contributed by atoms with van der Waals surface area (Å²) in [4.78, 5) is 24.8. The van der Waals surface area contributed by atoms with Gasteiger partial charge in [-0.3, -0.25) is 9.59 Å². The first-order valence-corrected chi connectivity index (χ1v) is 5.39.